The molecule has 3 amide bonds. The number of carbonyl (C=O) groups is 2. The van der Waals surface area contributed by atoms with Crippen LogP contribution in [0.4, 0.5) is 49.5 Å². The molecule has 0 unspecified atom stereocenters. The molecule has 3 saturated heterocycles. The number of urea groups is 1. The van der Waals surface area contributed by atoms with Gasteiger partial charge in [0.25, 0.3) is 0 Å². The van der Waals surface area contributed by atoms with Crippen molar-refractivity contribution in [2.24, 2.45) is 20.0 Å². The Morgan fingerprint density at radius 1 is 0.901 bits per heavy atom. The first-order valence-electron chi connectivity index (χ1n) is 23.8. The van der Waals surface area contributed by atoms with Crippen LogP contribution in [-0.2, 0) is 29.9 Å². The number of carbonyl (C=O) groups excluding carboxylic acids is 2. The number of amides is 3. The van der Waals surface area contributed by atoms with Gasteiger partial charge in [-0.3, -0.25) is 34.3 Å². The maximum absolute atomic E-state index is 15.9. The highest BCUT2D eigenvalue weighted by Gasteiger charge is 2.31. The second-order valence-corrected chi connectivity index (χ2v) is 22.8. The normalized spacial score (nSPS) is 16.3. The van der Waals surface area contributed by atoms with Crippen LogP contribution < -0.4 is 40.7 Å². The summed E-state index contributed by atoms with van der Waals surface area (Å²) >= 11 is 3.62. The minimum absolute atomic E-state index is 0.160. The molecule has 19 nitrogen and oxygen atoms in total. The standard InChI is InChI=1S/C49H56BrFN15O4P/c1-7-31-25-52-44-36(55-31)8-9-37(45(44)71(5,6)69)56-46-34(50)26-53-48(59-46)57-38-21-32(30-24-54-61(2)28-30)40(23-42(38)70-4)64-13-10-29(11-14-64)27-63-16-18-65(19-17-63)41-22-39-33(20-35(41)51)47(60-62(39)3)66-15-12-43(67)58-49(66)68/h8-9,20-26,28-29H,7,10-19,27H2,1-6H3,(H,58,67,68)(H2,53,56,57,59). The number of piperazine rings is 1. The van der Waals surface area contributed by atoms with Crippen LogP contribution in [0.25, 0.3) is 33.1 Å². The second kappa shape index (κ2) is 19.5. The van der Waals surface area contributed by atoms with Crippen LogP contribution in [0.15, 0.2) is 65.7 Å². The van der Waals surface area contributed by atoms with Gasteiger partial charge in [-0.1, -0.05) is 6.92 Å². The highest BCUT2D eigenvalue weighted by atomic mass is 79.9. The van der Waals surface area contributed by atoms with E-state index in [1.807, 2.05) is 44.6 Å². The minimum Gasteiger partial charge on any atom is -0.494 e. The third-order valence-corrected chi connectivity index (χ3v) is 15.7. The number of piperidine rings is 1. The first-order valence-corrected chi connectivity index (χ1v) is 27.1. The third kappa shape index (κ3) is 9.74. The molecule has 3 aromatic carbocycles. The lowest BCUT2D eigenvalue weighted by atomic mass is 9.94. The summed E-state index contributed by atoms with van der Waals surface area (Å²) in [6, 6.07) is 10.6. The number of fused-ring (bicyclic) bond motifs is 2. The number of aromatic nitrogens is 8. The topological polar surface area (TPSA) is 197 Å². The Labute approximate surface area is 418 Å². The summed E-state index contributed by atoms with van der Waals surface area (Å²) < 4.78 is 39.7. The molecule has 10 rings (SSSR count). The van der Waals surface area contributed by atoms with Gasteiger partial charge in [0.1, 0.15) is 30.0 Å². The number of halogens is 2. The second-order valence-electron chi connectivity index (χ2n) is 18.7. The number of ether oxygens (including phenoxy) is 1. The van der Waals surface area contributed by atoms with Gasteiger partial charge in [-0.15, -0.1) is 0 Å². The zero-order chi connectivity index (χ0) is 49.7. The number of anilines is 7. The molecule has 0 spiro atoms. The van der Waals surface area contributed by atoms with E-state index in [1.165, 1.54) is 11.0 Å². The average Bonchev–Trinajstić information content (AvgIpc) is 3.93. The number of rotatable bonds is 13. The van der Waals surface area contributed by atoms with E-state index in [9.17, 15) is 14.2 Å². The number of aryl methyl sites for hydroxylation is 3. The van der Waals surface area contributed by atoms with Gasteiger partial charge in [-0.05, 0) is 84.8 Å². The summed E-state index contributed by atoms with van der Waals surface area (Å²) in [7, 11) is 2.50. The van der Waals surface area contributed by atoms with Crippen LogP contribution in [0.5, 0.6) is 5.75 Å². The van der Waals surface area contributed by atoms with Crippen molar-refractivity contribution in [3.8, 4) is 16.9 Å². The first kappa shape index (κ1) is 48.0. The highest BCUT2D eigenvalue weighted by Crippen LogP contribution is 2.44. The molecular weight excluding hydrogens is 993 g/mol. The monoisotopic (exact) mass is 1050 g/mol. The predicted molar refractivity (Wildman–Crippen MR) is 279 cm³/mol. The fourth-order valence-electron chi connectivity index (χ4n) is 9.93. The van der Waals surface area contributed by atoms with Crippen molar-refractivity contribution >= 4 is 103 Å². The van der Waals surface area contributed by atoms with E-state index >= 15 is 4.39 Å². The third-order valence-electron chi connectivity index (χ3n) is 13.6. The number of hydrogen-bond acceptors (Lipinski definition) is 15. The molecule has 0 atom stereocenters. The molecule has 3 fully saturated rings. The van der Waals surface area contributed by atoms with Gasteiger partial charge in [0.05, 0.1) is 56.9 Å². The molecule has 0 radical (unpaired) electrons. The number of methoxy groups -OCH3 is 1. The van der Waals surface area contributed by atoms with Gasteiger partial charge in [-0.2, -0.15) is 15.2 Å². The lowest BCUT2D eigenvalue weighted by Crippen LogP contribution is -2.49. The summed E-state index contributed by atoms with van der Waals surface area (Å²) in [6.07, 6.45) is 10.2. The molecule has 7 heterocycles. The number of imide groups is 1. The van der Waals surface area contributed by atoms with E-state index in [0.717, 1.165) is 74.5 Å². The first-order chi connectivity index (χ1) is 34.1. The Morgan fingerprint density at radius 2 is 1.68 bits per heavy atom. The van der Waals surface area contributed by atoms with Crippen LogP contribution >= 0.6 is 23.1 Å². The number of benzene rings is 3. The van der Waals surface area contributed by atoms with Gasteiger partial charge in [0.15, 0.2) is 5.82 Å². The molecule has 3 aliphatic rings. The Hall–Kier alpha value is -6.70. The Morgan fingerprint density at radius 3 is 2.38 bits per heavy atom. The fourth-order valence-corrected chi connectivity index (χ4v) is 11.6. The maximum Gasteiger partial charge on any atom is 0.329 e. The summed E-state index contributed by atoms with van der Waals surface area (Å²) in [5.41, 5.74) is 7.67. The van der Waals surface area contributed by atoms with E-state index < -0.39 is 13.2 Å². The Kier molecular flexibility index (Phi) is 13.2. The van der Waals surface area contributed by atoms with E-state index in [1.54, 1.807) is 49.2 Å². The molecule has 22 heteroatoms. The largest absolute Gasteiger partial charge is 0.494 e. The van der Waals surface area contributed by atoms with Gasteiger partial charge >= 0.3 is 6.03 Å². The molecule has 3 N–H and O–H groups in total. The van der Waals surface area contributed by atoms with Crippen molar-refractivity contribution in [3.05, 3.63) is 77.2 Å². The molecule has 4 aromatic heterocycles. The van der Waals surface area contributed by atoms with Crippen LogP contribution in [0.3, 0.4) is 0 Å². The van der Waals surface area contributed by atoms with Crippen molar-refractivity contribution in [1.82, 2.24) is 49.7 Å². The van der Waals surface area contributed by atoms with Crippen LogP contribution in [0, 0.1) is 11.7 Å². The molecule has 370 valence electrons. The lowest BCUT2D eigenvalue weighted by molar-refractivity contribution is -0.120. The van der Waals surface area contributed by atoms with Crippen LogP contribution in [0.2, 0.25) is 0 Å². The summed E-state index contributed by atoms with van der Waals surface area (Å²) in [6.45, 7) is 11.3. The molecular formula is C49H56BrFN15O4P. The number of nitrogens with zero attached hydrogens (tertiary/aromatic N) is 12. The molecule has 0 saturated carbocycles. The quantitative estimate of drug-likeness (QED) is 0.0966. The van der Waals surface area contributed by atoms with E-state index in [2.05, 4.69) is 78.9 Å². The van der Waals surface area contributed by atoms with Crippen molar-refractivity contribution in [1.29, 1.82) is 0 Å². The summed E-state index contributed by atoms with van der Waals surface area (Å²) in [5.74, 6) is 1.56. The highest BCUT2D eigenvalue weighted by molar-refractivity contribution is 9.10. The number of nitrogens with one attached hydrogen (secondary N) is 3. The van der Waals surface area contributed by atoms with E-state index in [0.29, 0.717) is 91.1 Å². The van der Waals surface area contributed by atoms with Crippen molar-refractivity contribution in [3.63, 3.8) is 0 Å². The molecule has 71 heavy (non-hydrogen) atoms. The molecule has 3 aliphatic heterocycles. The summed E-state index contributed by atoms with van der Waals surface area (Å²) in [4.78, 5) is 51.6. The van der Waals surface area contributed by atoms with Crippen LogP contribution in [-0.4, -0.2) is 129 Å². The van der Waals surface area contributed by atoms with Crippen LogP contribution in [0.1, 0.15) is 31.9 Å². The SMILES string of the molecule is CCc1cnc2c(P(C)(C)=O)c(Nc3nc(Nc4cc(-c5cnn(C)c5)c(N5CCC(CN6CCN(c7cc8c(cc7F)c(N7CCC(=O)NC7=O)nn8C)CC6)CC5)cc4OC)ncc3Br)ccc2n1. The zero-order valence-corrected chi connectivity index (χ0v) is 43.0. The smallest absolute Gasteiger partial charge is 0.329 e. The molecule has 7 aromatic rings. The van der Waals surface area contributed by atoms with Gasteiger partial charge < -0.3 is 29.7 Å². The van der Waals surface area contributed by atoms with Gasteiger partial charge in [0, 0.05) is 120 Å². The lowest BCUT2D eigenvalue weighted by Gasteiger charge is -2.40. The number of hydrogen-bond donors (Lipinski definition) is 3. The van der Waals surface area contributed by atoms with E-state index in [4.69, 9.17) is 14.7 Å². The predicted octanol–water partition coefficient (Wildman–Crippen LogP) is 7.40. The minimum atomic E-state index is -2.84. The average molecular weight is 1050 g/mol. The summed E-state index contributed by atoms with van der Waals surface area (Å²) in [5, 5.41) is 19.3. The fraction of sp³-hybridized carbons (Fsp3) is 0.388. The maximum atomic E-state index is 15.9. The molecule has 0 aliphatic carbocycles. The zero-order valence-electron chi connectivity index (χ0n) is 40.5. The van der Waals surface area contributed by atoms with Gasteiger partial charge in [-0.25, -0.2) is 19.2 Å². The molecule has 0 bridgehead atoms. The van der Waals surface area contributed by atoms with Gasteiger partial charge in [0.2, 0.25) is 11.9 Å². The van der Waals surface area contributed by atoms with Crippen molar-refractivity contribution < 1.29 is 23.3 Å². The Balaban J connectivity index is 0.817. The van der Waals surface area contributed by atoms with E-state index in [-0.39, 0.29) is 24.7 Å². The van der Waals surface area contributed by atoms with Crippen molar-refractivity contribution in [2.45, 2.75) is 32.6 Å². The van der Waals surface area contributed by atoms with Crippen molar-refractivity contribution in [2.75, 3.05) is 98.1 Å². The Bertz CT molecular complexity index is 3250.